The lowest BCUT2D eigenvalue weighted by Crippen LogP contribution is -2.36. The molecule has 0 aliphatic rings. The van der Waals surface area contributed by atoms with E-state index in [-0.39, 0.29) is 18.3 Å². The summed E-state index contributed by atoms with van der Waals surface area (Å²) in [6, 6.07) is 14.0. The van der Waals surface area contributed by atoms with Gasteiger partial charge in [0.15, 0.2) is 0 Å². The van der Waals surface area contributed by atoms with E-state index in [1.54, 1.807) is 13.2 Å². The molecule has 1 amide bonds. The number of amides is 1. The van der Waals surface area contributed by atoms with Gasteiger partial charge in [-0.2, -0.15) is 0 Å². The van der Waals surface area contributed by atoms with E-state index in [0.29, 0.717) is 19.6 Å². The lowest BCUT2D eigenvalue weighted by Gasteiger charge is -2.20. The van der Waals surface area contributed by atoms with Crippen LogP contribution in [-0.2, 0) is 17.9 Å². The van der Waals surface area contributed by atoms with Gasteiger partial charge < -0.3 is 10.1 Å². The van der Waals surface area contributed by atoms with Crippen LogP contribution >= 0.6 is 0 Å². The first-order valence-electron chi connectivity index (χ1n) is 7.97. The van der Waals surface area contributed by atoms with Crippen LogP contribution in [0.3, 0.4) is 0 Å². The second-order valence-electron chi connectivity index (χ2n) is 5.56. The van der Waals surface area contributed by atoms with E-state index in [2.05, 4.69) is 5.32 Å². The Bertz CT molecular complexity index is 676. The standard InChI is InChI=1S/C19H23FN2O2/c1-3-22(13-16-7-4-8-17(20)10-16)14-19(23)21-12-15-6-5-9-18(11-15)24-2/h4-11H,3,12-14H2,1-2H3,(H,21,23). The maximum Gasteiger partial charge on any atom is 0.234 e. The number of hydrogen-bond donors (Lipinski definition) is 1. The average molecular weight is 330 g/mol. The molecule has 4 nitrogen and oxygen atoms in total. The Morgan fingerprint density at radius 2 is 1.92 bits per heavy atom. The molecule has 0 heterocycles. The lowest BCUT2D eigenvalue weighted by molar-refractivity contribution is -0.122. The molecule has 0 saturated heterocycles. The molecule has 0 atom stereocenters. The minimum absolute atomic E-state index is 0.0592. The van der Waals surface area contributed by atoms with E-state index in [4.69, 9.17) is 4.74 Å². The average Bonchev–Trinajstić information content (AvgIpc) is 2.59. The Labute approximate surface area is 142 Å². The fourth-order valence-corrected chi connectivity index (χ4v) is 2.42. The fourth-order valence-electron chi connectivity index (χ4n) is 2.42. The first kappa shape index (κ1) is 17.9. The van der Waals surface area contributed by atoms with Crippen molar-refractivity contribution in [2.45, 2.75) is 20.0 Å². The second kappa shape index (κ2) is 9.03. The van der Waals surface area contributed by atoms with Crippen LogP contribution in [0.1, 0.15) is 18.1 Å². The third kappa shape index (κ3) is 5.66. The summed E-state index contributed by atoms with van der Waals surface area (Å²) >= 11 is 0. The SMILES string of the molecule is CCN(CC(=O)NCc1cccc(OC)c1)Cc1cccc(F)c1. The monoisotopic (exact) mass is 330 g/mol. The Hall–Kier alpha value is -2.40. The molecule has 5 heteroatoms. The number of nitrogens with zero attached hydrogens (tertiary/aromatic N) is 1. The van der Waals surface area contributed by atoms with Crippen molar-refractivity contribution in [2.75, 3.05) is 20.2 Å². The van der Waals surface area contributed by atoms with Gasteiger partial charge in [0, 0.05) is 13.1 Å². The van der Waals surface area contributed by atoms with E-state index in [1.165, 1.54) is 12.1 Å². The number of carbonyl (C=O) groups excluding carboxylic acids is 1. The van der Waals surface area contributed by atoms with Gasteiger partial charge in [-0.1, -0.05) is 31.2 Å². The summed E-state index contributed by atoms with van der Waals surface area (Å²) in [5.74, 6) is 0.449. The molecule has 24 heavy (non-hydrogen) atoms. The zero-order chi connectivity index (χ0) is 17.4. The Morgan fingerprint density at radius 1 is 1.17 bits per heavy atom. The molecule has 2 rings (SSSR count). The van der Waals surface area contributed by atoms with Crippen molar-refractivity contribution in [3.8, 4) is 5.75 Å². The van der Waals surface area contributed by atoms with Crippen molar-refractivity contribution in [3.63, 3.8) is 0 Å². The minimum atomic E-state index is -0.258. The summed E-state index contributed by atoms with van der Waals surface area (Å²) in [5.41, 5.74) is 1.84. The summed E-state index contributed by atoms with van der Waals surface area (Å²) in [5, 5.41) is 2.90. The lowest BCUT2D eigenvalue weighted by atomic mass is 10.2. The summed E-state index contributed by atoms with van der Waals surface area (Å²) < 4.78 is 18.4. The summed E-state index contributed by atoms with van der Waals surface area (Å²) in [4.78, 5) is 14.1. The number of nitrogens with one attached hydrogen (secondary N) is 1. The van der Waals surface area contributed by atoms with Gasteiger partial charge in [-0.25, -0.2) is 4.39 Å². The summed E-state index contributed by atoms with van der Waals surface area (Å²) in [6.07, 6.45) is 0. The highest BCUT2D eigenvalue weighted by atomic mass is 19.1. The molecule has 0 aromatic heterocycles. The van der Waals surface area contributed by atoms with Crippen molar-refractivity contribution >= 4 is 5.91 Å². The Kier molecular flexibility index (Phi) is 6.75. The van der Waals surface area contributed by atoms with Gasteiger partial charge >= 0.3 is 0 Å². The molecule has 0 saturated carbocycles. The van der Waals surface area contributed by atoms with Gasteiger partial charge in [0.1, 0.15) is 11.6 Å². The van der Waals surface area contributed by atoms with Gasteiger partial charge in [-0.05, 0) is 41.9 Å². The maximum absolute atomic E-state index is 13.2. The van der Waals surface area contributed by atoms with E-state index >= 15 is 0 Å². The van der Waals surface area contributed by atoms with Gasteiger partial charge in [0.25, 0.3) is 0 Å². The zero-order valence-electron chi connectivity index (χ0n) is 14.1. The smallest absolute Gasteiger partial charge is 0.234 e. The number of hydrogen-bond acceptors (Lipinski definition) is 3. The number of methoxy groups -OCH3 is 1. The fraction of sp³-hybridized carbons (Fsp3) is 0.316. The number of carbonyl (C=O) groups is 1. The van der Waals surface area contributed by atoms with Gasteiger partial charge in [-0.15, -0.1) is 0 Å². The first-order chi connectivity index (χ1) is 11.6. The van der Waals surface area contributed by atoms with Crippen molar-refractivity contribution in [1.29, 1.82) is 0 Å². The number of rotatable bonds is 8. The highest BCUT2D eigenvalue weighted by molar-refractivity contribution is 5.78. The van der Waals surface area contributed by atoms with Crippen LogP contribution in [0.15, 0.2) is 48.5 Å². The molecule has 0 spiro atoms. The van der Waals surface area contributed by atoms with Gasteiger partial charge in [0.2, 0.25) is 5.91 Å². The summed E-state index contributed by atoms with van der Waals surface area (Å²) in [6.45, 7) is 3.96. The predicted molar refractivity (Wildman–Crippen MR) is 92.2 cm³/mol. The van der Waals surface area contributed by atoms with Crippen molar-refractivity contribution in [2.24, 2.45) is 0 Å². The van der Waals surface area contributed by atoms with Crippen molar-refractivity contribution in [3.05, 3.63) is 65.5 Å². The minimum Gasteiger partial charge on any atom is -0.497 e. The van der Waals surface area contributed by atoms with Crippen molar-refractivity contribution in [1.82, 2.24) is 10.2 Å². The molecule has 0 unspecified atom stereocenters. The molecule has 0 aliphatic heterocycles. The first-order valence-corrected chi connectivity index (χ1v) is 7.97. The van der Waals surface area contributed by atoms with Gasteiger partial charge in [0.05, 0.1) is 13.7 Å². The van der Waals surface area contributed by atoms with Crippen LogP contribution < -0.4 is 10.1 Å². The topological polar surface area (TPSA) is 41.6 Å². The highest BCUT2D eigenvalue weighted by Crippen LogP contribution is 2.12. The van der Waals surface area contributed by atoms with Crippen LogP contribution in [0.4, 0.5) is 4.39 Å². The molecule has 2 aromatic rings. The maximum atomic E-state index is 13.2. The van der Waals surface area contributed by atoms with Crippen LogP contribution in [0.2, 0.25) is 0 Å². The van der Waals surface area contributed by atoms with Crippen LogP contribution in [-0.4, -0.2) is 31.0 Å². The number of ether oxygens (including phenoxy) is 1. The van der Waals surface area contributed by atoms with E-state index in [1.807, 2.05) is 42.2 Å². The Morgan fingerprint density at radius 3 is 2.62 bits per heavy atom. The highest BCUT2D eigenvalue weighted by Gasteiger charge is 2.10. The second-order valence-corrected chi connectivity index (χ2v) is 5.56. The zero-order valence-corrected chi connectivity index (χ0v) is 14.1. The molecule has 0 aliphatic carbocycles. The van der Waals surface area contributed by atoms with Gasteiger partial charge in [-0.3, -0.25) is 9.69 Å². The molecular weight excluding hydrogens is 307 g/mol. The molecule has 128 valence electrons. The number of benzene rings is 2. The summed E-state index contributed by atoms with van der Waals surface area (Å²) in [7, 11) is 1.61. The normalized spacial score (nSPS) is 10.7. The molecular formula is C19H23FN2O2. The molecule has 0 radical (unpaired) electrons. The van der Waals surface area contributed by atoms with Crippen LogP contribution in [0.25, 0.3) is 0 Å². The number of halogens is 1. The number of likely N-dealkylation sites (N-methyl/N-ethyl adjacent to an activating group) is 1. The van der Waals surface area contributed by atoms with E-state index in [0.717, 1.165) is 16.9 Å². The van der Waals surface area contributed by atoms with Crippen molar-refractivity contribution < 1.29 is 13.9 Å². The third-order valence-electron chi connectivity index (χ3n) is 3.73. The van der Waals surface area contributed by atoms with E-state index in [9.17, 15) is 9.18 Å². The van der Waals surface area contributed by atoms with Crippen LogP contribution in [0.5, 0.6) is 5.75 Å². The third-order valence-corrected chi connectivity index (χ3v) is 3.73. The Balaban J connectivity index is 1.85. The predicted octanol–water partition coefficient (Wildman–Crippen LogP) is 2.97. The van der Waals surface area contributed by atoms with E-state index < -0.39 is 0 Å². The molecule has 2 aromatic carbocycles. The van der Waals surface area contributed by atoms with Crippen LogP contribution in [0, 0.1) is 5.82 Å². The quantitative estimate of drug-likeness (QED) is 0.809. The molecule has 0 bridgehead atoms. The largest absolute Gasteiger partial charge is 0.497 e. The molecule has 0 fully saturated rings. The molecule has 1 N–H and O–H groups in total.